The number of nitro benzene ring substituents is 1. The van der Waals surface area contributed by atoms with Crippen molar-refractivity contribution >= 4 is 11.4 Å². The third kappa shape index (κ3) is 2.04. The van der Waals surface area contributed by atoms with Crippen molar-refractivity contribution in [2.75, 3.05) is 31.1 Å². The van der Waals surface area contributed by atoms with E-state index in [-0.39, 0.29) is 10.6 Å². The van der Waals surface area contributed by atoms with Gasteiger partial charge in [0.2, 0.25) is 0 Å². The van der Waals surface area contributed by atoms with Gasteiger partial charge in [-0.15, -0.1) is 6.42 Å². The van der Waals surface area contributed by atoms with E-state index in [1.807, 2.05) is 6.07 Å². The number of piperazine rings is 1. The van der Waals surface area contributed by atoms with Crippen LogP contribution in [0.5, 0.6) is 0 Å². The number of rotatable bonds is 2. The molecular weight excluding hydrogens is 242 g/mol. The minimum absolute atomic E-state index is 0.170. The quantitative estimate of drug-likeness (QED) is 0.455. The van der Waals surface area contributed by atoms with Crippen LogP contribution in [0.3, 0.4) is 0 Å². The number of hydrogen-bond donors (Lipinski definition) is 0. The summed E-state index contributed by atoms with van der Waals surface area (Å²) in [6.07, 6.45) is 6.32. The minimum Gasteiger partial charge on any atom is -0.368 e. The Kier molecular flexibility index (Phi) is 2.88. The first-order chi connectivity index (χ1) is 9.19. The molecule has 19 heavy (non-hydrogen) atoms. The zero-order chi connectivity index (χ0) is 13.4. The number of fused-ring (bicyclic) bond motifs is 4. The van der Waals surface area contributed by atoms with Crippen LogP contribution in [0.15, 0.2) is 18.2 Å². The Morgan fingerprint density at radius 2 is 2.32 bits per heavy atom. The van der Waals surface area contributed by atoms with Crippen LogP contribution >= 0.6 is 0 Å². The van der Waals surface area contributed by atoms with Gasteiger partial charge in [0.05, 0.1) is 11.5 Å². The highest BCUT2D eigenvalue weighted by atomic mass is 16.6. The van der Waals surface area contributed by atoms with E-state index in [9.17, 15) is 10.1 Å². The van der Waals surface area contributed by atoms with E-state index in [2.05, 4.69) is 15.7 Å². The maximum atomic E-state index is 10.9. The Hall–Kier alpha value is -2.06. The molecule has 0 aromatic heterocycles. The maximum Gasteiger partial charge on any atom is 0.271 e. The first-order valence-electron chi connectivity index (χ1n) is 6.39. The smallest absolute Gasteiger partial charge is 0.271 e. The van der Waals surface area contributed by atoms with Crippen LogP contribution in [0, 0.1) is 22.5 Å². The molecular formula is C14H15N3O2. The van der Waals surface area contributed by atoms with Gasteiger partial charge in [0.1, 0.15) is 0 Å². The van der Waals surface area contributed by atoms with Crippen molar-refractivity contribution in [3.05, 3.63) is 33.9 Å². The Morgan fingerprint density at radius 3 is 3.05 bits per heavy atom. The van der Waals surface area contributed by atoms with Crippen molar-refractivity contribution in [1.82, 2.24) is 4.90 Å². The largest absolute Gasteiger partial charge is 0.368 e. The van der Waals surface area contributed by atoms with Crippen LogP contribution in [-0.2, 0) is 6.42 Å². The molecule has 3 rings (SSSR count). The highest BCUT2D eigenvalue weighted by Gasteiger charge is 2.33. The zero-order valence-corrected chi connectivity index (χ0v) is 10.6. The fraction of sp³-hybridized carbons (Fsp3) is 0.429. The van der Waals surface area contributed by atoms with E-state index in [1.165, 1.54) is 5.56 Å². The molecule has 0 amide bonds. The summed E-state index contributed by atoms with van der Waals surface area (Å²) in [5, 5.41) is 10.9. The second-order valence-corrected chi connectivity index (χ2v) is 5.05. The number of nitrogens with zero attached hydrogens (tertiary/aromatic N) is 3. The van der Waals surface area contributed by atoms with Crippen LogP contribution in [-0.4, -0.2) is 42.0 Å². The summed E-state index contributed by atoms with van der Waals surface area (Å²) >= 11 is 0. The molecule has 0 radical (unpaired) electrons. The normalized spacial score (nSPS) is 21.6. The van der Waals surface area contributed by atoms with Gasteiger partial charge in [0.25, 0.3) is 5.69 Å². The molecule has 98 valence electrons. The fourth-order valence-electron chi connectivity index (χ4n) is 3.02. The predicted octanol–water partition coefficient (Wildman–Crippen LogP) is 1.27. The van der Waals surface area contributed by atoms with Gasteiger partial charge in [0.15, 0.2) is 0 Å². The Labute approximate surface area is 112 Å². The highest BCUT2D eigenvalue weighted by molar-refractivity contribution is 5.61. The lowest BCUT2D eigenvalue weighted by Crippen LogP contribution is -2.56. The molecule has 0 spiro atoms. The monoisotopic (exact) mass is 257 g/mol. The average Bonchev–Trinajstić information content (AvgIpc) is 2.41. The molecule has 5 heteroatoms. The number of hydrogen-bond acceptors (Lipinski definition) is 4. The van der Waals surface area contributed by atoms with Gasteiger partial charge in [0, 0.05) is 43.5 Å². The summed E-state index contributed by atoms with van der Waals surface area (Å²) in [7, 11) is 0. The second kappa shape index (κ2) is 4.56. The van der Waals surface area contributed by atoms with Crippen LogP contribution in [0.2, 0.25) is 0 Å². The summed E-state index contributed by atoms with van der Waals surface area (Å²) in [4.78, 5) is 15.1. The van der Waals surface area contributed by atoms with E-state index in [0.717, 1.165) is 31.7 Å². The van der Waals surface area contributed by atoms with E-state index in [4.69, 9.17) is 6.42 Å². The number of nitro groups is 1. The molecule has 0 aliphatic carbocycles. The molecule has 0 saturated carbocycles. The third-order valence-electron chi connectivity index (χ3n) is 3.97. The highest BCUT2D eigenvalue weighted by Crippen LogP contribution is 2.34. The molecule has 1 atom stereocenters. The van der Waals surface area contributed by atoms with Crippen molar-refractivity contribution in [2.24, 2.45) is 0 Å². The summed E-state index contributed by atoms with van der Waals surface area (Å²) in [5.41, 5.74) is 2.37. The summed E-state index contributed by atoms with van der Waals surface area (Å²) in [6, 6.07) is 5.60. The molecule has 2 bridgehead atoms. The molecule has 1 fully saturated rings. The average molecular weight is 257 g/mol. The van der Waals surface area contributed by atoms with Gasteiger partial charge >= 0.3 is 0 Å². The Balaban J connectivity index is 1.92. The molecule has 1 unspecified atom stereocenters. The second-order valence-electron chi connectivity index (χ2n) is 5.05. The van der Waals surface area contributed by atoms with E-state index < -0.39 is 0 Å². The number of non-ortho nitro benzene ring substituents is 1. The van der Waals surface area contributed by atoms with Crippen molar-refractivity contribution < 1.29 is 4.92 Å². The van der Waals surface area contributed by atoms with E-state index in [1.54, 1.807) is 12.1 Å². The molecule has 1 saturated heterocycles. The van der Waals surface area contributed by atoms with Crippen LogP contribution < -0.4 is 4.90 Å². The molecule has 5 nitrogen and oxygen atoms in total. The van der Waals surface area contributed by atoms with Gasteiger partial charge in [-0.2, -0.15) is 0 Å². The van der Waals surface area contributed by atoms with E-state index in [0.29, 0.717) is 12.6 Å². The molecule has 0 N–H and O–H groups in total. The van der Waals surface area contributed by atoms with E-state index >= 15 is 0 Å². The third-order valence-corrected chi connectivity index (χ3v) is 3.97. The summed E-state index contributed by atoms with van der Waals surface area (Å²) in [5.74, 6) is 2.71. The number of benzene rings is 1. The number of anilines is 1. The first kappa shape index (κ1) is 12.0. The van der Waals surface area contributed by atoms with Gasteiger partial charge in [-0.25, -0.2) is 0 Å². The van der Waals surface area contributed by atoms with Crippen LogP contribution in [0.4, 0.5) is 11.4 Å². The Morgan fingerprint density at radius 1 is 1.47 bits per heavy atom. The standard InChI is InChI=1S/C14H15N3O2/c1-2-5-15-6-7-16-10-13(15)8-11-3-4-12(17(18)19)9-14(11)16/h1,3-4,9,13H,5-8,10H2. The van der Waals surface area contributed by atoms with Gasteiger partial charge < -0.3 is 4.90 Å². The topological polar surface area (TPSA) is 49.6 Å². The van der Waals surface area contributed by atoms with Gasteiger partial charge in [-0.1, -0.05) is 12.0 Å². The molecule has 2 aliphatic heterocycles. The minimum atomic E-state index is -0.332. The maximum absolute atomic E-state index is 10.9. The van der Waals surface area contributed by atoms with Gasteiger partial charge in [-0.3, -0.25) is 15.0 Å². The molecule has 1 aromatic rings. The number of terminal acetylenes is 1. The van der Waals surface area contributed by atoms with Crippen LogP contribution in [0.25, 0.3) is 0 Å². The Bertz CT molecular complexity index is 564. The lowest BCUT2D eigenvalue weighted by Gasteiger charge is -2.46. The first-order valence-corrected chi connectivity index (χ1v) is 6.39. The SMILES string of the molecule is C#CCN1CCN2CC1Cc1ccc([N+](=O)[O-])cc12. The zero-order valence-electron chi connectivity index (χ0n) is 10.6. The molecule has 2 aliphatic rings. The fourth-order valence-corrected chi connectivity index (χ4v) is 3.02. The van der Waals surface area contributed by atoms with Crippen molar-refractivity contribution in [3.63, 3.8) is 0 Å². The summed E-state index contributed by atoms with van der Waals surface area (Å²) in [6.45, 7) is 3.40. The van der Waals surface area contributed by atoms with Crippen molar-refractivity contribution in [2.45, 2.75) is 12.5 Å². The van der Waals surface area contributed by atoms with Crippen molar-refractivity contribution in [3.8, 4) is 12.3 Å². The predicted molar refractivity (Wildman–Crippen MR) is 73.2 cm³/mol. The lowest BCUT2D eigenvalue weighted by atomic mass is 9.94. The lowest BCUT2D eigenvalue weighted by molar-refractivity contribution is -0.384. The summed E-state index contributed by atoms with van der Waals surface area (Å²) < 4.78 is 0. The van der Waals surface area contributed by atoms with Crippen molar-refractivity contribution in [1.29, 1.82) is 0 Å². The molecule has 2 heterocycles. The van der Waals surface area contributed by atoms with Gasteiger partial charge in [-0.05, 0) is 12.0 Å². The van der Waals surface area contributed by atoms with Crippen LogP contribution in [0.1, 0.15) is 5.56 Å². The molecule has 1 aromatic carbocycles.